The monoisotopic (exact) mass is 491 g/mol. The Kier molecular flexibility index (Phi) is 5.67. The lowest BCUT2D eigenvalue weighted by Gasteiger charge is -2.28. The highest BCUT2D eigenvalue weighted by molar-refractivity contribution is 14.1. The molecule has 6 nitrogen and oxygen atoms in total. The second-order valence-electron chi connectivity index (χ2n) is 5.84. The van der Waals surface area contributed by atoms with Gasteiger partial charge in [-0.3, -0.25) is 14.8 Å². The van der Waals surface area contributed by atoms with Gasteiger partial charge in [0.1, 0.15) is 5.82 Å². The number of nitrogens with one attached hydrogen (secondary N) is 2. The highest BCUT2D eigenvalue weighted by atomic mass is 127. The van der Waals surface area contributed by atoms with Gasteiger partial charge < -0.3 is 10.6 Å². The molecule has 3 rings (SSSR count). The molecule has 1 fully saturated rings. The molecule has 0 saturated carbocycles. The lowest BCUT2D eigenvalue weighted by atomic mass is 10.0. The Morgan fingerprint density at radius 2 is 1.85 bits per heavy atom. The second-order valence-corrected chi connectivity index (χ2v) is 7.09. The van der Waals surface area contributed by atoms with Crippen molar-refractivity contribution >= 4 is 45.8 Å². The minimum absolute atomic E-state index is 0.131. The van der Waals surface area contributed by atoms with Gasteiger partial charge in [0.15, 0.2) is 11.6 Å². The fourth-order valence-electron chi connectivity index (χ4n) is 2.43. The van der Waals surface area contributed by atoms with Crippen LogP contribution in [0.4, 0.5) is 24.5 Å². The second kappa shape index (κ2) is 7.82. The first-order valence-electron chi connectivity index (χ1n) is 7.77. The first-order valence-corrected chi connectivity index (χ1v) is 8.85. The van der Waals surface area contributed by atoms with E-state index in [4.69, 9.17) is 0 Å². The number of rotatable bonds is 4. The van der Waals surface area contributed by atoms with E-state index in [9.17, 15) is 28.0 Å². The van der Waals surface area contributed by atoms with Crippen LogP contribution in [0.1, 0.15) is 10.4 Å². The van der Waals surface area contributed by atoms with Crippen LogP contribution < -0.4 is 10.6 Å². The van der Waals surface area contributed by atoms with E-state index in [1.165, 1.54) is 12.1 Å². The summed E-state index contributed by atoms with van der Waals surface area (Å²) in [5.41, 5.74) is -1.40. The highest BCUT2D eigenvalue weighted by Crippen LogP contribution is 2.29. The van der Waals surface area contributed by atoms with Gasteiger partial charge in [-0.1, -0.05) is 0 Å². The number of carbonyl (C=O) groups is 2. The average molecular weight is 491 g/mol. The molecule has 0 radical (unpaired) electrons. The van der Waals surface area contributed by atoms with Gasteiger partial charge in [-0.15, -0.1) is 0 Å². The number of anilines is 2. The van der Waals surface area contributed by atoms with Crippen LogP contribution >= 0.6 is 22.6 Å². The molecule has 0 spiro atoms. The van der Waals surface area contributed by atoms with Crippen LogP contribution in [0.5, 0.6) is 0 Å². The third-order valence-electron chi connectivity index (χ3n) is 4.05. The molecule has 142 valence electrons. The number of hydroxylamine groups is 2. The standard InChI is InChI=1S/C17H13F3IN3O3/c18-11-3-2-10(17(26)24(27)16(25)8-6-22-7-8)15(14(11)20)23-13-4-1-9(21)5-12(13)19/h1-5,8,22-23,27H,6-7H2. The topological polar surface area (TPSA) is 81.7 Å². The van der Waals surface area contributed by atoms with Crippen LogP contribution in [0.2, 0.25) is 0 Å². The van der Waals surface area contributed by atoms with Gasteiger partial charge in [-0.2, -0.15) is 5.06 Å². The number of benzene rings is 2. The van der Waals surface area contributed by atoms with E-state index in [1.807, 2.05) is 22.6 Å². The first kappa shape index (κ1) is 19.6. The summed E-state index contributed by atoms with van der Waals surface area (Å²) in [6, 6.07) is 5.56. The highest BCUT2D eigenvalue weighted by Gasteiger charge is 2.34. The zero-order chi connectivity index (χ0) is 19.7. The van der Waals surface area contributed by atoms with Gasteiger partial charge in [-0.05, 0) is 52.9 Å². The molecule has 2 aromatic rings. The van der Waals surface area contributed by atoms with Gasteiger partial charge in [0.05, 0.1) is 22.9 Å². The summed E-state index contributed by atoms with van der Waals surface area (Å²) >= 11 is 1.88. The van der Waals surface area contributed by atoms with Crippen molar-refractivity contribution in [3.05, 3.63) is 56.9 Å². The molecule has 2 amide bonds. The fraction of sp³-hybridized carbons (Fsp3) is 0.176. The molecule has 3 N–H and O–H groups in total. The zero-order valence-corrected chi connectivity index (χ0v) is 15.8. The predicted molar refractivity (Wildman–Crippen MR) is 98.1 cm³/mol. The molecule has 1 aliphatic heterocycles. The molecular weight excluding hydrogens is 478 g/mol. The third kappa shape index (κ3) is 3.92. The summed E-state index contributed by atoms with van der Waals surface area (Å²) in [6.07, 6.45) is 0. The van der Waals surface area contributed by atoms with Crippen LogP contribution in [-0.2, 0) is 4.79 Å². The maximum absolute atomic E-state index is 14.3. The largest absolute Gasteiger partial charge is 0.350 e. The van der Waals surface area contributed by atoms with Gasteiger partial charge >= 0.3 is 0 Å². The third-order valence-corrected chi connectivity index (χ3v) is 4.72. The van der Waals surface area contributed by atoms with Gasteiger partial charge in [0.2, 0.25) is 0 Å². The van der Waals surface area contributed by atoms with E-state index in [2.05, 4.69) is 10.6 Å². The smallest absolute Gasteiger partial charge is 0.286 e. The van der Waals surface area contributed by atoms with E-state index in [-0.39, 0.29) is 10.8 Å². The van der Waals surface area contributed by atoms with Crippen molar-refractivity contribution in [3.63, 3.8) is 0 Å². The van der Waals surface area contributed by atoms with Crippen LogP contribution in [-0.4, -0.2) is 35.2 Å². The van der Waals surface area contributed by atoms with Crippen molar-refractivity contribution in [2.24, 2.45) is 5.92 Å². The lowest BCUT2D eigenvalue weighted by molar-refractivity contribution is -0.160. The SMILES string of the molecule is O=C(c1ccc(F)c(F)c1Nc1ccc(I)cc1F)N(O)C(=O)C1CNC1. The number of hydrogen-bond acceptors (Lipinski definition) is 5. The Bertz CT molecular complexity index is 922. The summed E-state index contributed by atoms with van der Waals surface area (Å²) in [6.45, 7) is 0.583. The molecule has 0 unspecified atom stereocenters. The first-order chi connectivity index (χ1) is 12.8. The van der Waals surface area contributed by atoms with Gasteiger partial charge in [0.25, 0.3) is 11.8 Å². The van der Waals surface area contributed by atoms with Crippen LogP contribution in [0.3, 0.4) is 0 Å². The molecule has 0 bridgehead atoms. The lowest BCUT2D eigenvalue weighted by Crippen LogP contribution is -2.52. The Morgan fingerprint density at radius 3 is 2.44 bits per heavy atom. The Labute approximate surface area is 165 Å². The number of amides is 2. The Hall–Kier alpha value is -2.18. The predicted octanol–water partition coefficient (Wildman–Crippen LogP) is 3.03. The van der Waals surface area contributed by atoms with E-state index in [1.54, 1.807) is 0 Å². The Balaban J connectivity index is 1.96. The number of nitrogens with zero attached hydrogens (tertiary/aromatic N) is 1. The fourth-order valence-corrected chi connectivity index (χ4v) is 2.88. The van der Waals surface area contributed by atoms with Crippen molar-refractivity contribution in [1.82, 2.24) is 10.4 Å². The Morgan fingerprint density at radius 1 is 1.15 bits per heavy atom. The van der Waals surface area contributed by atoms with Crippen LogP contribution in [0, 0.1) is 26.9 Å². The maximum Gasteiger partial charge on any atom is 0.286 e. The quantitative estimate of drug-likeness (QED) is 0.265. The van der Waals surface area contributed by atoms with Gasteiger partial charge in [0, 0.05) is 16.7 Å². The average Bonchev–Trinajstić information content (AvgIpc) is 2.58. The van der Waals surface area contributed by atoms with E-state index < -0.39 is 46.4 Å². The molecule has 1 saturated heterocycles. The molecular formula is C17H13F3IN3O3. The minimum Gasteiger partial charge on any atom is -0.350 e. The van der Waals surface area contributed by atoms with Crippen molar-refractivity contribution in [1.29, 1.82) is 0 Å². The minimum atomic E-state index is -1.44. The normalized spacial score (nSPS) is 13.8. The zero-order valence-electron chi connectivity index (χ0n) is 13.6. The van der Waals surface area contributed by atoms with E-state index in [0.29, 0.717) is 22.7 Å². The molecule has 27 heavy (non-hydrogen) atoms. The van der Waals surface area contributed by atoms with Crippen LogP contribution in [0.25, 0.3) is 0 Å². The summed E-state index contributed by atoms with van der Waals surface area (Å²) in [5.74, 6) is -6.17. The molecule has 0 aromatic heterocycles. The number of carbonyl (C=O) groups excluding carboxylic acids is 2. The van der Waals surface area contributed by atoms with Crippen molar-refractivity contribution in [3.8, 4) is 0 Å². The summed E-state index contributed by atoms with van der Waals surface area (Å²) in [5, 5.41) is 14.9. The molecule has 1 aliphatic rings. The van der Waals surface area contributed by atoms with Crippen LogP contribution in [0.15, 0.2) is 30.3 Å². The molecule has 10 heteroatoms. The van der Waals surface area contributed by atoms with Crippen molar-refractivity contribution in [2.45, 2.75) is 0 Å². The molecule has 2 aromatic carbocycles. The number of halogens is 4. The van der Waals surface area contributed by atoms with Crippen molar-refractivity contribution in [2.75, 3.05) is 18.4 Å². The summed E-state index contributed by atoms with van der Waals surface area (Å²) in [7, 11) is 0. The molecule has 0 aliphatic carbocycles. The summed E-state index contributed by atoms with van der Waals surface area (Å²) < 4.78 is 42.6. The van der Waals surface area contributed by atoms with E-state index >= 15 is 0 Å². The van der Waals surface area contributed by atoms with Gasteiger partial charge in [-0.25, -0.2) is 13.2 Å². The number of imide groups is 1. The summed E-state index contributed by atoms with van der Waals surface area (Å²) in [4.78, 5) is 24.5. The number of hydrogen-bond donors (Lipinski definition) is 3. The molecule has 1 heterocycles. The maximum atomic E-state index is 14.3. The van der Waals surface area contributed by atoms with Crippen molar-refractivity contribution < 1.29 is 28.0 Å². The van der Waals surface area contributed by atoms with E-state index in [0.717, 1.165) is 12.1 Å². The molecule has 0 atom stereocenters.